The minimum absolute atomic E-state index is 0.124. The van der Waals surface area contributed by atoms with Gasteiger partial charge in [0.25, 0.3) is 5.91 Å². The third-order valence-corrected chi connectivity index (χ3v) is 3.70. The van der Waals surface area contributed by atoms with Crippen LogP contribution in [0.25, 0.3) is 0 Å². The van der Waals surface area contributed by atoms with E-state index in [1.165, 1.54) is 0 Å². The molecule has 1 rings (SSSR count). The van der Waals surface area contributed by atoms with E-state index in [1.54, 1.807) is 19.9 Å². The average molecular weight is 293 g/mol. The summed E-state index contributed by atoms with van der Waals surface area (Å²) in [6.07, 6.45) is -0.219. The number of aliphatic hydroxyl groups is 1. The molecule has 2 N–H and O–H groups in total. The van der Waals surface area contributed by atoms with Gasteiger partial charge in [-0.1, -0.05) is 13.0 Å². The Morgan fingerprint density at radius 1 is 1.38 bits per heavy atom. The Kier molecular flexibility index (Phi) is 5.78. The molecule has 0 bridgehead atoms. The van der Waals surface area contributed by atoms with Crippen molar-refractivity contribution in [1.82, 2.24) is 5.32 Å². The van der Waals surface area contributed by atoms with Crippen LogP contribution in [0.1, 0.15) is 58.3 Å². The van der Waals surface area contributed by atoms with E-state index in [9.17, 15) is 9.90 Å². The minimum Gasteiger partial charge on any atom is -0.481 e. The Labute approximate surface area is 127 Å². The Hall–Kier alpha value is -1.55. The van der Waals surface area contributed by atoms with Gasteiger partial charge < -0.3 is 15.2 Å². The highest BCUT2D eigenvalue weighted by Gasteiger charge is 2.23. The summed E-state index contributed by atoms with van der Waals surface area (Å²) >= 11 is 0. The summed E-state index contributed by atoms with van der Waals surface area (Å²) < 4.78 is 5.74. The predicted octanol–water partition coefficient (Wildman–Crippen LogP) is 3.12. The van der Waals surface area contributed by atoms with Crippen molar-refractivity contribution in [3.8, 4) is 5.75 Å². The molecule has 0 aliphatic rings. The number of hydrogen-bond acceptors (Lipinski definition) is 3. The third-order valence-electron chi connectivity index (χ3n) is 3.70. The zero-order valence-corrected chi connectivity index (χ0v) is 13.9. The summed E-state index contributed by atoms with van der Waals surface area (Å²) in [5.74, 6) is 0.539. The molecular weight excluding hydrogens is 266 g/mol. The lowest BCUT2D eigenvalue weighted by atomic mass is 10.0. The summed E-state index contributed by atoms with van der Waals surface area (Å²) in [6, 6.07) is 5.49. The van der Waals surface area contributed by atoms with Crippen LogP contribution in [-0.4, -0.2) is 22.7 Å². The molecule has 0 radical (unpaired) electrons. The van der Waals surface area contributed by atoms with Gasteiger partial charge in [0.15, 0.2) is 6.10 Å². The number of hydrogen-bond donors (Lipinski definition) is 2. The van der Waals surface area contributed by atoms with Gasteiger partial charge in [-0.3, -0.25) is 4.79 Å². The molecule has 0 aromatic heterocycles. The van der Waals surface area contributed by atoms with Gasteiger partial charge in [0.1, 0.15) is 5.75 Å². The van der Waals surface area contributed by atoms with Gasteiger partial charge >= 0.3 is 0 Å². The third kappa shape index (κ3) is 5.05. The largest absolute Gasteiger partial charge is 0.481 e. The van der Waals surface area contributed by atoms with Crippen LogP contribution in [0.4, 0.5) is 0 Å². The number of rotatable bonds is 6. The molecule has 1 unspecified atom stereocenters. The van der Waals surface area contributed by atoms with Crippen LogP contribution in [0.3, 0.4) is 0 Å². The lowest BCUT2D eigenvalue weighted by Gasteiger charge is -2.27. The van der Waals surface area contributed by atoms with Crippen molar-refractivity contribution in [2.24, 2.45) is 0 Å². The second-order valence-electron chi connectivity index (χ2n) is 6.19. The van der Waals surface area contributed by atoms with E-state index in [0.29, 0.717) is 5.75 Å². The number of aliphatic hydroxyl groups excluding tert-OH is 1. The van der Waals surface area contributed by atoms with E-state index in [0.717, 1.165) is 17.5 Å². The topological polar surface area (TPSA) is 58.6 Å². The maximum Gasteiger partial charge on any atom is 0.261 e. The molecule has 0 aliphatic heterocycles. The van der Waals surface area contributed by atoms with Crippen LogP contribution < -0.4 is 10.1 Å². The molecule has 1 amide bonds. The van der Waals surface area contributed by atoms with Gasteiger partial charge in [0.2, 0.25) is 0 Å². The smallest absolute Gasteiger partial charge is 0.261 e. The monoisotopic (exact) mass is 293 g/mol. The van der Waals surface area contributed by atoms with Gasteiger partial charge in [0, 0.05) is 5.54 Å². The fourth-order valence-electron chi connectivity index (χ4n) is 1.83. The normalized spacial score (nSPS) is 14.4. The van der Waals surface area contributed by atoms with Crippen molar-refractivity contribution in [2.45, 2.75) is 65.7 Å². The predicted molar refractivity (Wildman–Crippen MR) is 84.4 cm³/mol. The first-order valence-electron chi connectivity index (χ1n) is 7.43. The molecule has 2 atom stereocenters. The molecule has 0 aliphatic carbocycles. The van der Waals surface area contributed by atoms with Gasteiger partial charge in [-0.05, 0) is 64.3 Å². The van der Waals surface area contributed by atoms with E-state index in [4.69, 9.17) is 4.74 Å². The summed E-state index contributed by atoms with van der Waals surface area (Å²) in [6.45, 7) is 11.4. The highest BCUT2D eigenvalue weighted by atomic mass is 16.5. The number of benzene rings is 1. The summed E-state index contributed by atoms with van der Waals surface area (Å²) in [5.41, 5.74) is 1.51. The quantitative estimate of drug-likeness (QED) is 0.847. The number of carbonyl (C=O) groups excluding carboxylic acids is 1. The summed E-state index contributed by atoms with van der Waals surface area (Å²) in [5, 5.41) is 12.5. The van der Waals surface area contributed by atoms with E-state index >= 15 is 0 Å². The van der Waals surface area contributed by atoms with Crippen LogP contribution in [0.5, 0.6) is 5.75 Å². The van der Waals surface area contributed by atoms with Gasteiger partial charge in [-0.25, -0.2) is 0 Å². The molecule has 1 aromatic carbocycles. The molecule has 0 saturated carbocycles. The number of nitrogens with one attached hydrogen (secondary N) is 1. The number of ether oxygens (including phenoxy) is 1. The van der Waals surface area contributed by atoms with Crippen LogP contribution in [0.15, 0.2) is 18.2 Å². The Balaban J connectivity index is 2.75. The van der Waals surface area contributed by atoms with Crippen LogP contribution in [0.2, 0.25) is 0 Å². The number of aryl methyl sites for hydroxylation is 1. The van der Waals surface area contributed by atoms with Crippen LogP contribution in [-0.2, 0) is 4.79 Å². The fraction of sp³-hybridized carbons (Fsp3) is 0.588. The molecule has 0 heterocycles. The molecular formula is C17H27NO3. The molecule has 118 valence electrons. The Morgan fingerprint density at radius 3 is 2.48 bits per heavy atom. The lowest BCUT2D eigenvalue weighted by Crippen LogP contribution is -2.48. The number of carbonyl (C=O) groups is 1. The molecule has 1 aromatic rings. The van der Waals surface area contributed by atoms with Crippen LogP contribution in [0, 0.1) is 6.92 Å². The Morgan fingerprint density at radius 2 is 2.00 bits per heavy atom. The van der Waals surface area contributed by atoms with Crippen molar-refractivity contribution < 1.29 is 14.6 Å². The highest BCUT2D eigenvalue weighted by Crippen LogP contribution is 2.23. The van der Waals surface area contributed by atoms with E-state index in [-0.39, 0.29) is 11.4 Å². The fourth-order valence-corrected chi connectivity index (χ4v) is 1.83. The second-order valence-corrected chi connectivity index (χ2v) is 6.19. The number of amides is 1. The molecule has 0 spiro atoms. The average Bonchev–Trinajstić information content (AvgIpc) is 2.40. The maximum atomic E-state index is 12.1. The van der Waals surface area contributed by atoms with Gasteiger partial charge in [-0.15, -0.1) is 0 Å². The van der Waals surface area contributed by atoms with Gasteiger partial charge in [0.05, 0.1) is 6.10 Å². The first kappa shape index (κ1) is 17.5. The first-order chi connectivity index (χ1) is 9.66. The van der Waals surface area contributed by atoms with Crippen molar-refractivity contribution >= 4 is 5.91 Å². The van der Waals surface area contributed by atoms with Crippen LogP contribution >= 0.6 is 0 Å². The van der Waals surface area contributed by atoms with E-state index < -0.39 is 12.2 Å². The zero-order chi connectivity index (χ0) is 16.2. The Bertz CT molecular complexity index is 495. The molecule has 0 saturated heterocycles. The zero-order valence-electron chi connectivity index (χ0n) is 13.9. The van der Waals surface area contributed by atoms with Crippen molar-refractivity contribution in [2.75, 3.05) is 0 Å². The summed E-state index contributed by atoms with van der Waals surface area (Å²) in [7, 11) is 0. The SMILES string of the molecule is CCC(C)(C)NC(=O)C(C)Oc1ccc([C@@H](C)O)cc1C. The lowest BCUT2D eigenvalue weighted by molar-refractivity contribution is -0.129. The second kappa shape index (κ2) is 6.94. The van der Waals surface area contributed by atoms with Crippen molar-refractivity contribution in [3.63, 3.8) is 0 Å². The van der Waals surface area contributed by atoms with Gasteiger partial charge in [-0.2, -0.15) is 0 Å². The molecule has 21 heavy (non-hydrogen) atoms. The maximum absolute atomic E-state index is 12.1. The molecule has 4 nitrogen and oxygen atoms in total. The van der Waals surface area contributed by atoms with E-state index in [2.05, 4.69) is 5.32 Å². The van der Waals surface area contributed by atoms with Crippen molar-refractivity contribution in [1.29, 1.82) is 0 Å². The molecule has 4 heteroatoms. The van der Waals surface area contributed by atoms with E-state index in [1.807, 2.05) is 39.8 Å². The highest BCUT2D eigenvalue weighted by molar-refractivity contribution is 5.81. The standard InChI is InChI=1S/C17H27NO3/c1-7-17(5,6)18-16(20)13(4)21-15-9-8-14(12(3)19)10-11(15)2/h8-10,12-13,19H,7H2,1-6H3,(H,18,20)/t12-,13?/m1/s1. The first-order valence-corrected chi connectivity index (χ1v) is 7.43. The summed E-state index contributed by atoms with van der Waals surface area (Å²) in [4.78, 5) is 12.1. The van der Waals surface area contributed by atoms with Crippen molar-refractivity contribution in [3.05, 3.63) is 29.3 Å². The molecule has 0 fully saturated rings. The minimum atomic E-state index is -0.563.